The number of aliphatic carboxylic acids is 1. The van der Waals surface area contributed by atoms with Gasteiger partial charge in [0.1, 0.15) is 12.1 Å². The number of amides is 1. The number of carboxylic acids is 1. The van der Waals surface area contributed by atoms with E-state index in [0.29, 0.717) is 31.6 Å². The highest BCUT2D eigenvalue weighted by Crippen LogP contribution is 2.37. The van der Waals surface area contributed by atoms with Gasteiger partial charge in [0.25, 0.3) is 0 Å². The van der Waals surface area contributed by atoms with Gasteiger partial charge in [0.15, 0.2) is 0 Å². The van der Waals surface area contributed by atoms with E-state index in [1.807, 2.05) is 13.8 Å². The van der Waals surface area contributed by atoms with Gasteiger partial charge in [-0.25, -0.2) is 4.79 Å². The maximum atomic E-state index is 13.0. The van der Waals surface area contributed by atoms with Gasteiger partial charge >= 0.3 is 11.9 Å². The molecule has 1 amide bonds. The van der Waals surface area contributed by atoms with E-state index in [2.05, 4.69) is 25.2 Å². The van der Waals surface area contributed by atoms with Crippen molar-refractivity contribution in [3.05, 3.63) is 23.8 Å². The van der Waals surface area contributed by atoms with Crippen LogP contribution in [0.4, 0.5) is 0 Å². The van der Waals surface area contributed by atoms with Crippen LogP contribution in [0, 0.1) is 46.8 Å². The SMILES string of the molecule is C[C@@H]1C[C@H](C)C[C@H](C)[C@@H](O)CC(=O)O[C@H]([C@@H]2CCC[C@H]2C(=O)N[C@@H](CO)C(=O)O)C/C=C/C=C(/C#N)[C@H](O)[C@@H](C)C1. The zero-order chi connectivity index (χ0) is 30.7. The molecule has 41 heavy (non-hydrogen) atoms. The number of hydrogen-bond donors (Lipinski definition) is 5. The third kappa shape index (κ3) is 10.6. The molecule has 0 aromatic rings. The van der Waals surface area contributed by atoms with Gasteiger partial charge in [-0.15, -0.1) is 0 Å². The molecule has 0 unspecified atom stereocenters. The van der Waals surface area contributed by atoms with Crippen molar-refractivity contribution >= 4 is 17.8 Å². The van der Waals surface area contributed by atoms with Crippen molar-refractivity contribution in [3.8, 4) is 6.07 Å². The van der Waals surface area contributed by atoms with Crippen molar-refractivity contribution in [1.82, 2.24) is 5.32 Å². The van der Waals surface area contributed by atoms with Gasteiger partial charge in [-0.3, -0.25) is 9.59 Å². The Morgan fingerprint density at radius 3 is 2.37 bits per heavy atom. The highest BCUT2D eigenvalue weighted by Gasteiger charge is 2.40. The van der Waals surface area contributed by atoms with E-state index < -0.39 is 60.6 Å². The Labute approximate surface area is 243 Å². The van der Waals surface area contributed by atoms with Gasteiger partial charge in [0.05, 0.1) is 36.9 Å². The second kappa shape index (κ2) is 16.6. The quantitative estimate of drug-likeness (QED) is 0.308. The molecule has 1 fully saturated rings. The van der Waals surface area contributed by atoms with E-state index >= 15 is 0 Å². The first-order chi connectivity index (χ1) is 19.4. The van der Waals surface area contributed by atoms with Crippen LogP contribution in [0.15, 0.2) is 23.8 Å². The molecule has 10 nitrogen and oxygen atoms in total. The molecule has 1 saturated carbocycles. The summed E-state index contributed by atoms with van der Waals surface area (Å²) in [5, 5.41) is 52.3. The number of allylic oxidation sites excluding steroid dienone is 2. The number of hydrogen-bond acceptors (Lipinski definition) is 8. The highest BCUT2D eigenvalue weighted by atomic mass is 16.5. The molecule has 10 heteroatoms. The summed E-state index contributed by atoms with van der Waals surface area (Å²) in [6.45, 7) is 7.32. The number of rotatable bonds is 5. The predicted molar refractivity (Wildman–Crippen MR) is 152 cm³/mol. The summed E-state index contributed by atoms with van der Waals surface area (Å²) in [7, 11) is 0. The van der Waals surface area contributed by atoms with Gasteiger partial charge in [-0.05, 0) is 61.9 Å². The van der Waals surface area contributed by atoms with Crippen molar-refractivity contribution in [2.75, 3.05) is 6.61 Å². The van der Waals surface area contributed by atoms with Crippen molar-refractivity contribution in [2.24, 2.45) is 35.5 Å². The Hall–Kier alpha value is -2.74. The number of nitrogens with one attached hydrogen (secondary N) is 1. The molecule has 2 rings (SSSR count). The van der Waals surface area contributed by atoms with E-state index in [-0.39, 0.29) is 36.2 Å². The molecule has 1 aliphatic heterocycles. The summed E-state index contributed by atoms with van der Waals surface area (Å²) in [6.07, 6.45) is 6.49. The summed E-state index contributed by atoms with van der Waals surface area (Å²) in [6, 6.07) is 0.664. The van der Waals surface area contributed by atoms with E-state index in [0.717, 1.165) is 12.8 Å². The van der Waals surface area contributed by atoms with Crippen molar-refractivity contribution < 1.29 is 39.5 Å². The molecule has 0 saturated heterocycles. The van der Waals surface area contributed by atoms with Crippen LogP contribution >= 0.6 is 0 Å². The fourth-order valence-electron chi connectivity index (χ4n) is 6.45. The van der Waals surface area contributed by atoms with Crippen molar-refractivity contribution in [3.63, 3.8) is 0 Å². The van der Waals surface area contributed by atoms with Gasteiger partial charge in [-0.2, -0.15) is 5.26 Å². The molecule has 230 valence electrons. The predicted octanol–water partition coefficient (Wildman–Crippen LogP) is 3.11. The minimum absolute atomic E-state index is 0.126. The molecule has 0 bridgehead atoms. The highest BCUT2D eigenvalue weighted by molar-refractivity contribution is 5.85. The minimum Gasteiger partial charge on any atom is -0.480 e. The Balaban J connectivity index is 2.34. The fraction of sp³-hybridized carbons (Fsp3) is 0.742. The van der Waals surface area contributed by atoms with Gasteiger partial charge < -0.3 is 30.5 Å². The lowest BCUT2D eigenvalue weighted by Crippen LogP contribution is -2.47. The number of aliphatic hydroxyl groups is 3. The molecule has 0 aromatic carbocycles. The second-order valence-corrected chi connectivity index (χ2v) is 12.3. The third-order valence-electron chi connectivity index (χ3n) is 8.62. The maximum Gasteiger partial charge on any atom is 0.328 e. The monoisotopic (exact) mass is 576 g/mol. The molecule has 10 atom stereocenters. The lowest BCUT2D eigenvalue weighted by Gasteiger charge is -2.29. The summed E-state index contributed by atoms with van der Waals surface area (Å²) in [5.74, 6) is -3.14. The second-order valence-electron chi connectivity index (χ2n) is 12.3. The summed E-state index contributed by atoms with van der Waals surface area (Å²) in [5.41, 5.74) is 0.238. The number of carbonyl (C=O) groups is 3. The number of cyclic esters (lactones) is 1. The molecular weight excluding hydrogens is 528 g/mol. The van der Waals surface area contributed by atoms with E-state index in [9.17, 15) is 40.1 Å². The number of nitrogens with zero attached hydrogens (tertiary/aromatic N) is 1. The molecular formula is C31H48N2O8. The van der Waals surface area contributed by atoms with Crippen molar-refractivity contribution in [1.29, 1.82) is 5.26 Å². The lowest BCUT2D eigenvalue weighted by atomic mass is 9.82. The first kappa shape index (κ1) is 34.5. The van der Waals surface area contributed by atoms with Crippen LogP contribution in [0.1, 0.15) is 79.1 Å². The van der Waals surface area contributed by atoms with Gasteiger partial charge in [-0.1, -0.05) is 46.3 Å². The van der Waals surface area contributed by atoms with Gasteiger partial charge in [0, 0.05) is 18.3 Å². The van der Waals surface area contributed by atoms with Crippen LogP contribution in [-0.4, -0.2) is 69.2 Å². The van der Waals surface area contributed by atoms with Crippen LogP contribution < -0.4 is 5.32 Å². The number of ether oxygens (including phenoxy) is 1. The van der Waals surface area contributed by atoms with E-state index in [1.54, 1.807) is 18.2 Å². The Morgan fingerprint density at radius 2 is 1.76 bits per heavy atom. The van der Waals surface area contributed by atoms with E-state index in [4.69, 9.17) is 4.74 Å². The van der Waals surface area contributed by atoms with Crippen molar-refractivity contribution in [2.45, 2.75) is 103 Å². The minimum atomic E-state index is -1.43. The zero-order valence-electron chi connectivity index (χ0n) is 24.7. The van der Waals surface area contributed by atoms with Crippen LogP contribution in [0.25, 0.3) is 0 Å². The number of aliphatic hydroxyl groups excluding tert-OH is 3. The molecule has 0 aromatic heterocycles. The zero-order valence-corrected chi connectivity index (χ0v) is 24.7. The number of nitriles is 1. The summed E-state index contributed by atoms with van der Waals surface area (Å²) >= 11 is 0. The smallest absolute Gasteiger partial charge is 0.328 e. The molecule has 0 spiro atoms. The first-order valence-corrected chi connectivity index (χ1v) is 14.8. The first-order valence-electron chi connectivity index (χ1n) is 14.8. The van der Waals surface area contributed by atoms with Crippen LogP contribution in [0.5, 0.6) is 0 Å². The summed E-state index contributed by atoms with van der Waals surface area (Å²) < 4.78 is 5.86. The Bertz CT molecular complexity index is 989. The largest absolute Gasteiger partial charge is 0.480 e. The number of carboxylic acid groups (broad SMARTS) is 1. The van der Waals surface area contributed by atoms with E-state index in [1.165, 1.54) is 0 Å². The standard InChI is InChI=1S/C31H48N2O8/c1-18-12-19(2)14-21(4)29(37)22(16-32)8-5-6-11-27(41-28(36)15-26(35)20(3)13-18)23-9-7-10-24(23)30(38)33-25(17-34)31(39)40/h5-6,8,18-21,23-27,29,34-35,37H,7,9-15,17H2,1-4H3,(H,33,38)(H,39,40)/b6-5+,22-8-/t18-,19+,20-,21-,23+,24+,25-,26-,27-,29+/m0/s1. The molecule has 0 radical (unpaired) electrons. The molecule has 2 aliphatic rings. The summed E-state index contributed by atoms with van der Waals surface area (Å²) in [4.78, 5) is 37.3. The van der Waals surface area contributed by atoms with Crippen LogP contribution in [0.2, 0.25) is 0 Å². The average molecular weight is 577 g/mol. The number of esters is 1. The third-order valence-corrected chi connectivity index (χ3v) is 8.62. The lowest BCUT2D eigenvalue weighted by molar-refractivity contribution is -0.157. The van der Waals surface area contributed by atoms with Gasteiger partial charge in [0.2, 0.25) is 5.91 Å². The molecule has 5 N–H and O–H groups in total. The molecule has 1 heterocycles. The van der Waals surface area contributed by atoms with Crippen LogP contribution in [-0.2, 0) is 19.1 Å². The Kier molecular flexibility index (Phi) is 14.0. The Morgan fingerprint density at radius 1 is 1.10 bits per heavy atom. The van der Waals surface area contributed by atoms with Crippen LogP contribution in [0.3, 0.4) is 0 Å². The molecule has 1 aliphatic carbocycles. The maximum absolute atomic E-state index is 13.0. The topological polar surface area (TPSA) is 177 Å². The fourth-order valence-corrected chi connectivity index (χ4v) is 6.45. The average Bonchev–Trinajstić information content (AvgIpc) is 3.39. The normalized spacial score (nSPS) is 37.3. The number of carbonyl (C=O) groups excluding carboxylic acids is 2.